The molecular formula is C12H25N3O. The predicted molar refractivity (Wildman–Crippen MR) is 65.5 cm³/mol. The van der Waals surface area contributed by atoms with Crippen molar-refractivity contribution in [1.29, 1.82) is 0 Å². The van der Waals surface area contributed by atoms with Crippen LogP contribution in [0.2, 0.25) is 0 Å². The molecule has 1 saturated carbocycles. The van der Waals surface area contributed by atoms with Gasteiger partial charge < -0.3 is 15.4 Å². The van der Waals surface area contributed by atoms with Crippen LogP contribution in [-0.2, 0) is 4.74 Å². The quantitative estimate of drug-likeness (QED) is 0.741. The highest BCUT2D eigenvalue weighted by Gasteiger charge is 2.24. The average Bonchev–Trinajstić information content (AvgIpc) is 2.68. The molecule has 0 aromatic heterocycles. The van der Waals surface area contributed by atoms with E-state index in [1.165, 1.54) is 32.6 Å². The minimum Gasteiger partial charge on any atom is -0.375 e. The Kier molecular flexibility index (Phi) is 4.58. The first-order valence-electron chi connectivity index (χ1n) is 6.54. The SMILES string of the molecule is CN1CCN(CCOC2CCCC2N)CC1. The molecule has 1 aliphatic heterocycles. The van der Waals surface area contributed by atoms with Crippen LogP contribution in [-0.4, -0.2) is 68.3 Å². The van der Waals surface area contributed by atoms with Crippen molar-refractivity contribution in [1.82, 2.24) is 9.80 Å². The molecule has 1 saturated heterocycles. The van der Waals surface area contributed by atoms with E-state index in [0.29, 0.717) is 6.10 Å². The monoisotopic (exact) mass is 227 g/mol. The molecule has 2 aliphatic rings. The second-order valence-corrected chi connectivity index (χ2v) is 5.15. The number of likely N-dealkylation sites (N-methyl/N-ethyl adjacent to an activating group) is 1. The number of ether oxygens (including phenoxy) is 1. The number of piperazine rings is 1. The summed E-state index contributed by atoms with van der Waals surface area (Å²) in [6.07, 6.45) is 3.86. The lowest BCUT2D eigenvalue weighted by molar-refractivity contribution is 0.0257. The number of nitrogens with zero attached hydrogens (tertiary/aromatic N) is 2. The number of nitrogens with two attached hydrogens (primary N) is 1. The summed E-state index contributed by atoms with van der Waals surface area (Å²) in [5.41, 5.74) is 5.97. The standard InChI is InChI=1S/C12H25N3O/c1-14-5-7-15(8-6-14)9-10-16-12-4-2-3-11(12)13/h11-12H,2-10,13H2,1H3. The van der Waals surface area contributed by atoms with Crippen molar-refractivity contribution >= 4 is 0 Å². The summed E-state index contributed by atoms with van der Waals surface area (Å²) in [6.45, 7) is 6.64. The third-order valence-corrected chi connectivity index (χ3v) is 3.84. The normalized spacial score (nSPS) is 33.4. The molecule has 1 heterocycles. The molecule has 0 radical (unpaired) electrons. The fourth-order valence-electron chi connectivity index (χ4n) is 2.57. The van der Waals surface area contributed by atoms with Crippen molar-refractivity contribution in [3.8, 4) is 0 Å². The van der Waals surface area contributed by atoms with Crippen LogP contribution in [0.3, 0.4) is 0 Å². The largest absolute Gasteiger partial charge is 0.375 e. The molecule has 0 bridgehead atoms. The number of hydrogen-bond acceptors (Lipinski definition) is 4. The zero-order valence-corrected chi connectivity index (χ0v) is 10.4. The van der Waals surface area contributed by atoms with Gasteiger partial charge in [0, 0.05) is 38.8 Å². The van der Waals surface area contributed by atoms with Crippen LogP contribution in [0.15, 0.2) is 0 Å². The van der Waals surface area contributed by atoms with Gasteiger partial charge in [0.25, 0.3) is 0 Å². The highest BCUT2D eigenvalue weighted by Crippen LogP contribution is 2.20. The lowest BCUT2D eigenvalue weighted by Gasteiger charge is -2.32. The van der Waals surface area contributed by atoms with Crippen LogP contribution in [0.25, 0.3) is 0 Å². The molecule has 0 amide bonds. The molecular weight excluding hydrogens is 202 g/mol. The highest BCUT2D eigenvalue weighted by atomic mass is 16.5. The third-order valence-electron chi connectivity index (χ3n) is 3.84. The van der Waals surface area contributed by atoms with Gasteiger partial charge in [0.2, 0.25) is 0 Å². The highest BCUT2D eigenvalue weighted by molar-refractivity contribution is 4.81. The van der Waals surface area contributed by atoms with Crippen LogP contribution in [0.1, 0.15) is 19.3 Å². The van der Waals surface area contributed by atoms with Crippen molar-refractivity contribution in [3.63, 3.8) is 0 Å². The summed E-state index contributed by atoms with van der Waals surface area (Å²) in [5.74, 6) is 0. The zero-order chi connectivity index (χ0) is 11.4. The fraction of sp³-hybridized carbons (Fsp3) is 1.00. The van der Waals surface area contributed by atoms with E-state index in [1.54, 1.807) is 0 Å². The Balaban J connectivity index is 1.57. The molecule has 0 spiro atoms. The second-order valence-electron chi connectivity index (χ2n) is 5.15. The van der Waals surface area contributed by atoms with Crippen molar-refractivity contribution < 1.29 is 4.74 Å². The van der Waals surface area contributed by atoms with Crippen molar-refractivity contribution in [2.45, 2.75) is 31.4 Å². The van der Waals surface area contributed by atoms with E-state index in [2.05, 4.69) is 16.8 Å². The molecule has 4 heteroatoms. The molecule has 2 unspecified atom stereocenters. The minimum atomic E-state index is 0.285. The van der Waals surface area contributed by atoms with Gasteiger partial charge in [0.05, 0.1) is 12.7 Å². The van der Waals surface area contributed by atoms with E-state index >= 15 is 0 Å². The van der Waals surface area contributed by atoms with Crippen molar-refractivity contribution in [2.75, 3.05) is 46.4 Å². The van der Waals surface area contributed by atoms with Gasteiger partial charge in [0.15, 0.2) is 0 Å². The van der Waals surface area contributed by atoms with E-state index in [-0.39, 0.29) is 6.04 Å². The van der Waals surface area contributed by atoms with Crippen LogP contribution in [0.5, 0.6) is 0 Å². The number of rotatable bonds is 4. The first kappa shape index (κ1) is 12.3. The lowest BCUT2D eigenvalue weighted by atomic mass is 10.2. The molecule has 4 nitrogen and oxygen atoms in total. The van der Waals surface area contributed by atoms with Gasteiger partial charge in [-0.1, -0.05) is 0 Å². The molecule has 2 fully saturated rings. The van der Waals surface area contributed by atoms with Gasteiger partial charge in [-0.3, -0.25) is 4.90 Å². The van der Waals surface area contributed by atoms with Gasteiger partial charge >= 0.3 is 0 Å². The Morgan fingerprint density at radius 3 is 2.56 bits per heavy atom. The van der Waals surface area contributed by atoms with E-state index in [1.807, 2.05) is 0 Å². The average molecular weight is 227 g/mol. The lowest BCUT2D eigenvalue weighted by Crippen LogP contribution is -2.46. The maximum atomic E-state index is 5.97. The maximum absolute atomic E-state index is 5.97. The summed E-state index contributed by atoms with van der Waals surface area (Å²) >= 11 is 0. The summed E-state index contributed by atoms with van der Waals surface area (Å²) in [7, 11) is 2.19. The topological polar surface area (TPSA) is 41.7 Å². The van der Waals surface area contributed by atoms with Gasteiger partial charge in [-0.2, -0.15) is 0 Å². The molecule has 16 heavy (non-hydrogen) atoms. The predicted octanol–water partition coefficient (Wildman–Crippen LogP) is 0.130. The Bertz CT molecular complexity index is 204. The van der Waals surface area contributed by atoms with E-state index in [9.17, 15) is 0 Å². The molecule has 0 aromatic rings. The van der Waals surface area contributed by atoms with Crippen LogP contribution >= 0.6 is 0 Å². The first-order chi connectivity index (χ1) is 7.75. The summed E-state index contributed by atoms with van der Waals surface area (Å²) in [6, 6.07) is 0.285. The Morgan fingerprint density at radius 2 is 1.94 bits per heavy atom. The molecule has 2 atom stereocenters. The van der Waals surface area contributed by atoms with Crippen molar-refractivity contribution in [2.24, 2.45) is 5.73 Å². The van der Waals surface area contributed by atoms with Crippen LogP contribution in [0, 0.1) is 0 Å². The van der Waals surface area contributed by atoms with Crippen molar-refractivity contribution in [3.05, 3.63) is 0 Å². The fourth-order valence-corrected chi connectivity index (χ4v) is 2.57. The summed E-state index contributed by atoms with van der Waals surface area (Å²) in [4.78, 5) is 4.87. The summed E-state index contributed by atoms with van der Waals surface area (Å²) in [5, 5.41) is 0. The Morgan fingerprint density at radius 1 is 1.19 bits per heavy atom. The van der Waals surface area contributed by atoms with Gasteiger partial charge in [0.1, 0.15) is 0 Å². The summed E-state index contributed by atoms with van der Waals surface area (Å²) < 4.78 is 5.86. The molecule has 94 valence electrons. The van der Waals surface area contributed by atoms with E-state index in [0.717, 1.165) is 26.0 Å². The Hall–Kier alpha value is -0.160. The maximum Gasteiger partial charge on any atom is 0.0726 e. The zero-order valence-electron chi connectivity index (χ0n) is 10.4. The van der Waals surface area contributed by atoms with Gasteiger partial charge in [-0.05, 0) is 26.3 Å². The van der Waals surface area contributed by atoms with Crippen LogP contribution < -0.4 is 5.73 Å². The van der Waals surface area contributed by atoms with E-state index < -0.39 is 0 Å². The second kappa shape index (κ2) is 5.96. The number of hydrogen-bond donors (Lipinski definition) is 1. The molecule has 1 aliphatic carbocycles. The smallest absolute Gasteiger partial charge is 0.0726 e. The molecule has 2 N–H and O–H groups in total. The molecule has 0 aromatic carbocycles. The minimum absolute atomic E-state index is 0.285. The van der Waals surface area contributed by atoms with E-state index in [4.69, 9.17) is 10.5 Å². The van der Waals surface area contributed by atoms with Crippen LogP contribution in [0.4, 0.5) is 0 Å². The third kappa shape index (κ3) is 3.42. The van der Waals surface area contributed by atoms with Gasteiger partial charge in [-0.25, -0.2) is 0 Å². The first-order valence-corrected chi connectivity index (χ1v) is 6.54. The molecule has 2 rings (SSSR count). The Labute approximate surface area is 98.7 Å². The van der Waals surface area contributed by atoms with Gasteiger partial charge in [-0.15, -0.1) is 0 Å².